The molecule has 3 N–H and O–H groups in total. The van der Waals surface area contributed by atoms with E-state index in [1.807, 2.05) is 0 Å². The van der Waals surface area contributed by atoms with Gasteiger partial charge in [-0.05, 0) is 44.9 Å². The zero-order valence-corrected chi connectivity index (χ0v) is 34.3. The number of hydrogen-bond acceptors (Lipinski definition) is 5. The Morgan fingerprint density at radius 2 is 0.980 bits per heavy atom. The highest BCUT2D eigenvalue weighted by Crippen LogP contribution is 2.17. The van der Waals surface area contributed by atoms with Gasteiger partial charge in [-0.3, -0.25) is 9.59 Å². The lowest BCUT2D eigenvalue weighted by atomic mass is 10.0. The van der Waals surface area contributed by atoms with Gasteiger partial charge in [-0.25, -0.2) is 0 Å². The van der Waals surface area contributed by atoms with E-state index >= 15 is 0 Å². The molecule has 0 aliphatic heterocycles. The summed E-state index contributed by atoms with van der Waals surface area (Å²) < 4.78 is 5.86. The van der Waals surface area contributed by atoms with Crippen molar-refractivity contribution in [3.05, 3.63) is 12.2 Å². The van der Waals surface area contributed by atoms with Gasteiger partial charge in [-0.1, -0.05) is 193 Å². The van der Waals surface area contributed by atoms with Gasteiger partial charge in [0.05, 0.1) is 25.2 Å². The number of aliphatic hydroxyl groups is 2. The molecule has 3 atom stereocenters. The van der Waals surface area contributed by atoms with Crippen LogP contribution in [0.15, 0.2) is 12.2 Å². The molecular weight excluding hydrogens is 634 g/mol. The number of aliphatic hydroxyl groups excluding tert-OH is 2. The Kier molecular flexibility index (Phi) is 38.7. The Bertz CT molecular complexity index is 772. The van der Waals surface area contributed by atoms with E-state index in [1.54, 1.807) is 0 Å². The predicted molar refractivity (Wildman–Crippen MR) is 218 cm³/mol. The second-order valence-corrected chi connectivity index (χ2v) is 15.5. The van der Waals surface area contributed by atoms with Crippen molar-refractivity contribution >= 4 is 11.9 Å². The third-order valence-electron chi connectivity index (χ3n) is 10.3. The van der Waals surface area contributed by atoms with Gasteiger partial charge in [0.15, 0.2) is 0 Å². The molecule has 0 aromatic heterocycles. The molecule has 0 rings (SSSR count). The molecule has 0 fully saturated rings. The Morgan fingerprint density at radius 1 is 0.549 bits per heavy atom. The summed E-state index contributed by atoms with van der Waals surface area (Å²) in [6.07, 6.45) is 41.3. The summed E-state index contributed by atoms with van der Waals surface area (Å²) in [5.41, 5.74) is 0. The molecule has 6 nitrogen and oxygen atoms in total. The predicted octanol–water partition coefficient (Wildman–Crippen LogP) is 12.6. The lowest BCUT2D eigenvalue weighted by molar-refractivity contribution is -0.151. The molecule has 51 heavy (non-hydrogen) atoms. The van der Waals surface area contributed by atoms with E-state index in [1.165, 1.54) is 128 Å². The maximum atomic E-state index is 13.1. The van der Waals surface area contributed by atoms with Crippen molar-refractivity contribution in [2.45, 2.75) is 257 Å². The van der Waals surface area contributed by atoms with Crippen LogP contribution in [0.25, 0.3) is 0 Å². The lowest BCUT2D eigenvalue weighted by Gasteiger charge is -2.24. The molecule has 0 heterocycles. The molecule has 0 spiro atoms. The van der Waals surface area contributed by atoms with Crippen molar-refractivity contribution in [3.8, 4) is 0 Å². The summed E-state index contributed by atoms with van der Waals surface area (Å²) in [6, 6.07) is -0.697. The van der Waals surface area contributed by atoms with Crippen LogP contribution in [0.1, 0.15) is 239 Å². The Labute approximate surface area is 317 Å². The number of rotatable bonds is 40. The van der Waals surface area contributed by atoms with Gasteiger partial charge in [0.25, 0.3) is 0 Å². The van der Waals surface area contributed by atoms with E-state index in [9.17, 15) is 19.8 Å². The first-order valence-corrected chi connectivity index (χ1v) is 22.4. The number of carbonyl (C=O) groups excluding carboxylic acids is 2. The van der Waals surface area contributed by atoms with E-state index in [-0.39, 0.29) is 24.9 Å². The number of unbranched alkanes of at least 4 members (excludes halogenated alkanes) is 26. The highest BCUT2D eigenvalue weighted by molar-refractivity contribution is 5.77. The maximum Gasteiger partial charge on any atom is 0.306 e. The van der Waals surface area contributed by atoms with E-state index in [2.05, 4.69) is 38.2 Å². The Balaban J connectivity index is 4.47. The Hall–Kier alpha value is -1.40. The van der Waals surface area contributed by atoms with E-state index in [4.69, 9.17) is 4.74 Å². The fraction of sp³-hybridized carbons (Fsp3) is 0.911. The largest absolute Gasteiger partial charge is 0.462 e. The monoisotopic (exact) mass is 722 g/mol. The van der Waals surface area contributed by atoms with Crippen molar-refractivity contribution in [1.82, 2.24) is 5.32 Å². The molecule has 0 aromatic rings. The van der Waals surface area contributed by atoms with Crippen LogP contribution in [-0.4, -0.2) is 46.9 Å². The van der Waals surface area contributed by atoms with Crippen LogP contribution in [0.4, 0.5) is 0 Å². The molecule has 302 valence electrons. The third kappa shape index (κ3) is 35.4. The lowest BCUT2D eigenvalue weighted by Crippen LogP contribution is -2.46. The van der Waals surface area contributed by atoms with Crippen molar-refractivity contribution in [1.29, 1.82) is 0 Å². The summed E-state index contributed by atoms with van der Waals surface area (Å²) >= 11 is 0. The van der Waals surface area contributed by atoms with Crippen molar-refractivity contribution in [2.75, 3.05) is 6.61 Å². The van der Waals surface area contributed by atoms with Crippen LogP contribution in [0.5, 0.6) is 0 Å². The van der Waals surface area contributed by atoms with E-state index < -0.39 is 18.2 Å². The second-order valence-electron chi connectivity index (χ2n) is 15.5. The number of amides is 1. The zero-order chi connectivity index (χ0) is 37.5. The van der Waals surface area contributed by atoms with E-state index in [0.29, 0.717) is 19.3 Å². The zero-order valence-electron chi connectivity index (χ0n) is 34.3. The van der Waals surface area contributed by atoms with Crippen molar-refractivity contribution < 1.29 is 24.5 Å². The smallest absolute Gasteiger partial charge is 0.306 e. The molecule has 0 saturated carbocycles. The standard InChI is InChI=1S/C45H87NO5/c1-4-7-10-13-16-19-21-22-24-25-28-31-34-37-43(48)42(40-47)46-44(49)39-41(36-33-30-27-18-15-12-9-6-3)51-45(50)38-35-32-29-26-23-20-17-14-11-8-5-2/h12,15,41-43,47-48H,4-11,13-14,16-40H2,1-3H3,(H,46,49)/b15-12-. The van der Waals surface area contributed by atoms with Gasteiger partial charge in [0.2, 0.25) is 5.91 Å². The fourth-order valence-electron chi connectivity index (χ4n) is 6.90. The van der Waals surface area contributed by atoms with Crippen LogP contribution in [0.3, 0.4) is 0 Å². The van der Waals surface area contributed by atoms with Crippen molar-refractivity contribution in [3.63, 3.8) is 0 Å². The van der Waals surface area contributed by atoms with Gasteiger partial charge >= 0.3 is 5.97 Å². The minimum absolute atomic E-state index is 0.0718. The number of carbonyl (C=O) groups is 2. The number of allylic oxidation sites excluding steroid dienone is 2. The van der Waals surface area contributed by atoms with E-state index in [0.717, 1.165) is 64.2 Å². The van der Waals surface area contributed by atoms with Crippen LogP contribution in [0, 0.1) is 0 Å². The fourth-order valence-corrected chi connectivity index (χ4v) is 6.90. The quantitative estimate of drug-likeness (QED) is 0.0332. The van der Waals surface area contributed by atoms with Crippen LogP contribution in [0.2, 0.25) is 0 Å². The average Bonchev–Trinajstić information content (AvgIpc) is 3.12. The minimum atomic E-state index is -0.783. The summed E-state index contributed by atoms with van der Waals surface area (Å²) in [6.45, 7) is 6.40. The highest BCUT2D eigenvalue weighted by Gasteiger charge is 2.24. The molecule has 0 aliphatic carbocycles. The second kappa shape index (κ2) is 39.8. The number of hydrogen-bond donors (Lipinski definition) is 3. The van der Waals surface area contributed by atoms with Gasteiger partial charge < -0.3 is 20.3 Å². The van der Waals surface area contributed by atoms with Crippen LogP contribution >= 0.6 is 0 Å². The maximum absolute atomic E-state index is 13.1. The third-order valence-corrected chi connectivity index (χ3v) is 10.3. The molecule has 0 radical (unpaired) electrons. The highest BCUT2D eigenvalue weighted by atomic mass is 16.5. The number of ether oxygens (including phenoxy) is 1. The van der Waals surface area contributed by atoms with Crippen LogP contribution < -0.4 is 5.32 Å². The molecule has 0 aromatic carbocycles. The van der Waals surface area contributed by atoms with Gasteiger partial charge in [-0.2, -0.15) is 0 Å². The minimum Gasteiger partial charge on any atom is -0.462 e. The molecule has 3 unspecified atom stereocenters. The molecule has 6 heteroatoms. The summed E-state index contributed by atoms with van der Waals surface area (Å²) in [4.78, 5) is 25.8. The molecule has 0 bridgehead atoms. The molecule has 0 saturated heterocycles. The van der Waals surface area contributed by atoms with Gasteiger partial charge in [-0.15, -0.1) is 0 Å². The Morgan fingerprint density at radius 3 is 1.47 bits per heavy atom. The van der Waals surface area contributed by atoms with Gasteiger partial charge in [0.1, 0.15) is 6.10 Å². The average molecular weight is 722 g/mol. The summed E-state index contributed by atoms with van der Waals surface area (Å²) in [7, 11) is 0. The summed E-state index contributed by atoms with van der Waals surface area (Å²) in [5, 5.41) is 23.6. The first-order valence-electron chi connectivity index (χ1n) is 22.4. The number of esters is 1. The SMILES string of the molecule is CCC/C=C\CCCCCC(CC(=O)NC(CO)C(O)CCCCCCCCCCCCCCC)OC(=O)CCCCCCCCCCCCC. The topological polar surface area (TPSA) is 95.9 Å². The number of nitrogens with one attached hydrogen (secondary N) is 1. The molecular formula is C45H87NO5. The molecule has 0 aliphatic rings. The first-order chi connectivity index (χ1) is 25.0. The van der Waals surface area contributed by atoms with Crippen LogP contribution in [-0.2, 0) is 14.3 Å². The summed E-state index contributed by atoms with van der Waals surface area (Å²) in [5.74, 6) is -0.485. The first kappa shape index (κ1) is 49.6. The van der Waals surface area contributed by atoms with Gasteiger partial charge in [0, 0.05) is 6.42 Å². The normalized spacial score (nSPS) is 13.4. The molecule has 1 amide bonds. The van der Waals surface area contributed by atoms with Crippen molar-refractivity contribution in [2.24, 2.45) is 0 Å².